The molecule has 3 amide bonds. The second-order valence-corrected chi connectivity index (χ2v) is 7.30. The van der Waals surface area contributed by atoms with E-state index in [0.717, 1.165) is 31.6 Å². The van der Waals surface area contributed by atoms with Crippen LogP contribution in [0.2, 0.25) is 0 Å². The lowest BCUT2D eigenvalue weighted by Gasteiger charge is -2.15. The highest BCUT2D eigenvalue weighted by Crippen LogP contribution is 2.15. The minimum absolute atomic E-state index is 0.0351. The lowest BCUT2D eigenvalue weighted by molar-refractivity contribution is -0.114. The van der Waals surface area contributed by atoms with E-state index in [1.165, 1.54) is 0 Å². The number of ether oxygens (including phenoxy) is 1. The standard InChI is InChI=1S/C23H28N4O4/c1-31-15-12-24-22(29)17-4-8-19(9-5-17)25-16-21(28)26-20-10-6-18(7-11-20)23(30)27-13-2-3-14-27/h4-11,25H,2-3,12-16H2,1H3,(H,24,29)(H,26,28). The van der Waals surface area contributed by atoms with E-state index in [2.05, 4.69) is 16.0 Å². The lowest BCUT2D eigenvalue weighted by Crippen LogP contribution is -2.27. The largest absolute Gasteiger partial charge is 0.383 e. The highest BCUT2D eigenvalue weighted by molar-refractivity contribution is 5.97. The number of methoxy groups -OCH3 is 1. The zero-order valence-corrected chi connectivity index (χ0v) is 17.6. The van der Waals surface area contributed by atoms with E-state index < -0.39 is 0 Å². The Morgan fingerprint density at radius 1 is 0.903 bits per heavy atom. The van der Waals surface area contributed by atoms with Gasteiger partial charge >= 0.3 is 0 Å². The average Bonchev–Trinajstić information content (AvgIpc) is 3.33. The fraction of sp³-hybridized carbons (Fsp3) is 0.348. The van der Waals surface area contributed by atoms with Crippen molar-refractivity contribution in [1.29, 1.82) is 0 Å². The number of nitrogens with one attached hydrogen (secondary N) is 3. The lowest BCUT2D eigenvalue weighted by atomic mass is 10.2. The highest BCUT2D eigenvalue weighted by Gasteiger charge is 2.19. The Morgan fingerprint density at radius 3 is 2.16 bits per heavy atom. The van der Waals surface area contributed by atoms with E-state index in [0.29, 0.717) is 30.0 Å². The molecule has 8 heteroatoms. The maximum absolute atomic E-state index is 12.4. The molecule has 1 saturated heterocycles. The Balaban J connectivity index is 1.44. The summed E-state index contributed by atoms with van der Waals surface area (Å²) in [7, 11) is 1.58. The summed E-state index contributed by atoms with van der Waals surface area (Å²) in [6, 6.07) is 13.8. The first-order chi connectivity index (χ1) is 15.1. The van der Waals surface area contributed by atoms with Crippen molar-refractivity contribution in [3.05, 3.63) is 59.7 Å². The van der Waals surface area contributed by atoms with Crippen LogP contribution in [0.3, 0.4) is 0 Å². The maximum Gasteiger partial charge on any atom is 0.253 e. The van der Waals surface area contributed by atoms with Crippen molar-refractivity contribution in [2.24, 2.45) is 0 Å². The molecular weight excluding hydrogens is 396 g/mol. The van der Waals surface area contributed by atoms with Crippen molar-refractivity contribution < 1.29 is 19.1 Å². The molecule has 1 fully saturated rings. The Morgan fingerprint density at radius 2 is 1.52 bits per heavy atom. The third-order valence-electron chi connectivity index (χ3n) is 5.00. The number of hydrogen-bond donors (Lipinski definition) is 3. The van der Waals surface area contributed by atoms with Crippen LogP contribution in [0.15, 0.2) is 48.5 Å². The molecule has 1 aliphatic heterocycles. The molecule has 164 valence electrons. The summed E-state index contributed by atoms with van der Waals surface area (Å²) in [4.78, 5) is 38.4. The molecule has 0 unspecified atom stereocenters. The summed E-state index contributed by atoms with van der Waals surface area (Å²) < 4.78 is 4.90. The highest BCUT2D eigenvalue weighted by atomic mass is 16.5. The van der Waals surface area contributed by atoms with E-state index in [1.807, 2.05) is 4.90 Å². The third-order valence-corrected chi connectivity index (χ3v) is 5.00. The summed E-state index contributed by atoms with van der Waals surface area (Å²) >= 11 is 0. The number of likely N-dealkylation sites (tertiary alicyclic amines) is 1. The van der Waals surface area contributed by atoms with Crippen molar-refractivity contribution in [3.8, 4) is 0 Å². The van der Waals surface area contributed by atoms with Crippen LogP contribution in [0, 0.1) is 0 Å². The van der Waals surface area contributed by atoms with Crippen LogP contribution in [0.5, 0.6) is 0 Å². The van der Waals surface area contributed by atoms with Gasteiger partial charge in [0, 0.05) is 49.2 Å². The van der Waals surface area contributed by atoms with Gasteiger partial charge in [-0.05, 0) is 61.4 Å². The smallest absolute Gasteiger partial charge is 0.253 e. The van der Waals surface area contributed by atoms with Gasteiger partial charge in [-0.15, -0.1) is 0 Å². The monoisotopic (exact) mass is 424 g/mol. The number of anilines is 2. The fourth-order valence-electron chi connectivity index (χ4n) is 3.29. The van der Waals surface area contributed by atoms with Gasteiger partial charge in [-0.2, -0.15) is 0 Å². The molecule has 0 spiro atoms. The van der Waals surface area contributed by atoms with E-state index in [1.54, 1.807) is 55.6 Å². The Kier molecular flexibility index (Phi) is 8.00. The number of rotatable bonds is 9. The van der Waals surface area contributed by atoms with Gasteiger partial charge in [0.25, 0.3) is 11.8 Å². The molecule has 1 heterocycles. The van der Waals surface area contributed by atoms with Crippen LogP contribution in [-0.2, 0) is 9.53 Å². The second kappa shape index (κ2) is 11.1. The summed E-state index contributed by atoms with van der Waals surface area (Å²) in [6.07, 6.45) is 2.11. The van der Waals surface area contributed by atoms with Crippen LogP contribution in [0.1, 0.15) is 33.6 Å². The molecule has 0 saturated carbocycles. The number of nitrogens with zero attached hydrogens (tertiary/aromatic N) is 1. The number of carbonyl (C=O) groups excluding carboxylic acids is 3. The van der Waals surface area contributed by atoms with Crippen LogP contribution in [0.4, 0.5) is 11.4 Å². The second-order valence-electron chi connectivity index (χ2n) is 7.30. The number of benzene rings is 2. The SMILES string of the molecule is COCCNC(=O)c1ccc(NCC(=O)Nc2ccc(C(=O)N3CCCC3)cc2)cc1. The first kappa shape index (κ1) is 22.3. The quantitative estimate of drug-likeness (QED) is 0.537. The van der Waals surface area contributed by atoms with Gasteiger partial charge < -0.3 is 25.6 Å². The molecule has 0 radical (unpaired) electrons. The molecule has 0 aliphatic carbocycles. The van der Waals surface area contributed by atoms with Gasteiger partial charge in [0.15, 0.2) is 0 Å². The van der Waals surface area contributed by atoms with Gasteiger partial charge in [-0.1, -0.05) is 0 Å². The van der Waals surface area contributed by atoms with Crippen molar-refractivity contribution in [3.63, 3.8) is 0 Å². The van der Waals surface area contributed by atoms with E-state index in [9.17, 15) is 14.4 Å². The summed E-state index contributed by atoms with van der Waals surface area (Å²) in [5.74, 6) is -0.346. The average molecular weight is 425 g/mol. The molecule has 31 heavy (non-hydrogen) atoms. The fourth-order valence-corrected chi connectivity index (χ4v) is 3.29. The predicted molar refractivity (Wildman–Crippen MR) is 119 cm³/mol. The number of hydrogen-bond acceptors (Lipinski definition) is 5. The first-order valence-corrected chi connectivity index (χ1v) is 10.4. The Bertz CT molecular complexity index is 891. The predicted octanol–water partition coefficient (Wildman–Crippen LogP) is 2.35. The van der Waals surface area contributed by atoms with Crippen LogP contribution in [0.25, 0.3) is 0 Å². The molecule has 0 aromatic heterocycles. The maximum atomic E-state index is 12.4. The van der Waals surface area contributed by atoms with Crippen molar-refractivity contribution in [2.45, 2.75) is 12.8 Å². The molecule has 3 N–H and O–H groups in total. The number of amides is 3. The first-order valence-electron chi connectivity index (χ1n) is 10.4. The van der Waals surface area contributed by atoms with Gasteiger partial charge in [0.1, 0.15) is 0 Å². The summed E-state index contributed by atoms with van der Waals surface area (Å²) in [5.41, 5.74) is 2.53. The molecule has 3 rings (SSSR count). The minimum atomic E-state index is -0.208. The van der Waals surface area contributed by atoms with E-state index >= 15 is 0 Å². The van der Waals surface area contributed by atoms with Gasteiger partial charge in [-0.25, -0.2) is 0 Å². The van der Waals surface area contributed by atoms with E-state index in [-0.39, 0.29) is 24.3 Å². The zero-order valence-electron chi connectivity index (χ0n) is 17.6. The van der Waals surface area contributed by atoms with E-state index in [4.69, 9.17) is 4.74 Å². The number of carbonyl (C=O) groups is 3. The van der Waals surface area contributed by atoms with Gasteiger partial charge in [0.2, 0.25) is 5.91 Å². The summed E-state index contributed by atoms with van der Waals surface area (Å²) in [6.45, 7) is 2.60. The third kappa shape index (κ3) is 6.55. The topological polar surface area (TPSA) is 99.8 Å². The molecule has 0 bridgehead atoms. The van der Waals surface area contributed by atoms with Crippen LogP contribution < -0.4 is 16.0 Å². The molecule has 0 atom stereocenters. The summed E-state index contributed by atoms with van der Waals surface area (Å²) in [5, 5.41) is 8.58. The molecule has 2 aromatic carbocycles. The van der Waals surface area contributed by atoms with Gasteiger partial charge in [-0.3, -0.25) is 14.4 Å². The van der Waals surface area contributed by atoms with Crippen molar-refractivity contribution >= 4 is 29.1 Å². The van der Waals surface area contributed by atoms with Crippen LogP contribution in [-0.4, -0.2) is 62.5 Å². The van der Waals surface area contributed by atoms with Crippen LogP contribution >= 0.6 is 0 Å². The molecule has 2 aromatic rings. The Hall–Kier alpha value is -3.39. The van der Waals surface area contributed by atoms with Crippen molar-refractivity contribution in [2.75, 3.05) is 50.5 Å². The van der Waals surface area contributed by atoms with Crippen molar-refractivity contribution in [1.82, 2.24) is 10.2 Å². The molecule has 1 aliphatic rings. The Labute approximate surface area is 182 Å². The van der Waals surface area contributed by atoms with Gasteiger partial charge in [0.05, 0.1) is 13.2 Å². The molecule has 8 nitrogen and oxygen atoms in total. The molecular formula is C23H28N4O4. The zero-order chi connectivity index (χ0) is 22.1. The normalized spacial score (nSPS) is 13.0. The minimum Gasteiger partial charge on any atom is -0.383 e.